The molecule has 0 unspecified atom stereocenters. The Morgan fingerprint density at radius 2 is 2.13 bits per heavy atom. The monoisotopic (exact) mass is 247 g/mol. The van der Waals surface area contributed by atoms with Gasteiger partial charge in [0.2, 0.25) is 0 Å². The van der Waals surface area contributed by atoms with Gasteiger partial charge < -0.3 is 10.4 Å². The van der Waals surface area contributed by atoms with Crippen LogP contribution in [-0.4, -0.2) is 17.8 Å². The van der Waals surface area contributed by atoms with Gasteiger partial charge in [0, 0.05) is 16.6 Å². The summed E-state index contributed by atoms with van der Waals surface area (Å²) in [6, 6.07) is 5.45. The highest BCUT2D eigenvalue weighted by atomic mass is 35.5. The van der Waals surface area contributed by atoms with Crippen LogP contribution in [0.2, 0.25) is 10.0 Å². The van der Waals surface area contributed by atoms with E-state index in [9.17, 15) is 0 Å². The van der Waals surface area contributed by atoms with Crippen LogP contribution in [-0.2, 0) is 6.54 Å². The van der Waals surface area contributed by atoms with E-state index >= 15 is 0 Å². The summed E-state index contributed by atoms with van der Waals surface area (Å²) in [5.74, 6) is 0. The molecule has 0 fully saturated rings. The van der Waals surface area contributed by atoms with Crippen LogP contribution in [0.4, 0.5) is 0 Å². The van der Waals surface area contributed by atoms with Gasteiger partial charge in [-0.1, -0.05) is 29.3 Å². The van der Waals surface area contributed by atoms with Gasteiger partial charge in [-0.2, -0.15) is 0 Å². The van der Waals surface area contributed by atoms with Crippen LogP contribution in [0, 0.1) is 0 Å². The molecule has 1 aromatic rings. The zero-order valence-electron chi connectivity index (χ0n) is 8.63. The van der Waals surface area contributed by atoms with Gasteiger partial charge in [-0.15, -0.1) is 0 Å². The highest BCUT2D eigenvalue weighted by molar-refractivity contribution is 6.35. The number of rotatable bonds is 5. The van der Waals surface area contributed by atoms with Crippen molar-refractivity contribution in [3.8, 4) is 0 Å². The first-order chi connectivity index (χ1) is 7.09. The quantitative estimate of drug-likeness (QED) is 0.785. The summed E-state index contributed by atoms with van der Waals surface area (Å²) in [5, 5.41) is 13.6. The molecule has 84 valence electrons. The van der Waals surface area contributed by atoms with E-state index in [0.717, 1.165) is 18.5 Å². The van der Waals surface area contributed by atoms with Crippen molar-refractivity contribution in [2.45, 2.75) is 26.0 Å². The molecule has 4 heteroatoms. The number of halogens is 2. The van der Waals surface area contributed by atoms with Crippen molar-refractivity contribution in [1.29, 1.82) is 0 Å². The number of aliphatic hydroxyl groups excluding tert-OH is 1. The van der Waals surface area contributed by atoms with Crippen molar-refractivity contribution in [3.63, 3.8) is 0 Å². The van der Waals surface area contributed by atoms with Gasteiger partial charge in [-0.25, -0.2) is 0 Å². The Morgan fingerprint density at radius 1 is 1.40 bits per heavy atom. The third-order valence-electron chi connectivity index (χ3n) is 2.07. The van der Waals surface area contributed by atoms with E-state index in [0.29, 0.717) is 16.6 Å². The molecule has 15 heavy (non-hydrogen) atoms. The first-order valence-corrected chi connectivity index (χ1v) is 5.68. The first kappa shape index (κ1) is 12.8. The van der Waals surface area contributed by atoms with Crippen LogP contribution in [0.15, 0.2) is 18.2 Å². The average molecular weight is 248 g/mol. The Kier molecular flexibility index (Phi) is 5.40. The second-order valence-corrected chi connectivity index (χ2v) is 4.39. The van der Waals surface area contributed by atoms with E-state index < -0.39 is 0 Å². The topological polar surface area (TPSA) is 32.3 Å². The molecule has 0 saturated carbocycles. The van der Waals surface area contributed by atoms with Crippen molar-refractivity contribution in [2.75, 3.05) is 6.54 Å². The standard InChI is InChI=1S/C11H15Cl2NO/c1-8(15)4-5-14-7-9-2-3-10(12)6-11(9)13/h2-3,6,8,14-15H,4-5,7H2,1H3/t8-/m1/s1. The molecule has 0 bridgehead atoms. The van der Waals surface area contributed by atoms with Gasteiger partial charge in [0.05, 0.1) is 6.10 Å². The van der Waals surface area contributed by atoms with Gasteiger partial charge in [0.1, 0.15) is 0 Å². The lowest BCUT2D eigenvalue weighted by Crippen LogP contribution is -2.18. The van der Waals surface area contributed by atoms with Crippen molar-refractivity contribution >= 4 is 23.2 Å². The molecular formula is C11H15Cl2NO. The van der Waals surface area contributed by atoms with Crippen LogP contribution in [0.1, 0.15) is 18.9 Å². The fourth-order valence-corrected chi connectivity index (χ4v) is 1.67. The molecular weight excluding hydrogens is 233 g/mol. The molecule has 1 atom stereocenters. The number of aliphatic hydroxyl groups is 1. The van der Waals surface area contributed by atoms with Gasteiger partial charge in [0.25, 0.3) is 0 Å². The maximum absolute atomic E-state index is 9.06. The minimum atomic E-state index is -0.266. The molecule has 0 heterocycles. The molecule has 0 radical (unpaired) electrons. The van der Waals surface area contributed by atoms with Gasteiger partial charge in [-0.3, -0.25) is 0 Å². The summed E-state index contributed by atoms with van der Waals surface area (Å²) < 4.78 is 0. The second-order valence-electron chi connectivity index (χ2n) is 3.55. The Hall–Kier alpha value is -0.280. The fourth-order valence-electron chi connectivity index (χ4n) is 1.20. The van der Waals surface area contributed by atoms with Crippen molar-refractivity contribution in [1.82, 2.24) is 5.32 Å². The van der Waals surface area contributed by atoms with E-state index in [2.05, 4.69) is 5.32 Å². The summed E-state index contributed by atoms with van der Waals surface area (Å²) in [5.41, 5.74) is 1.02. The third kappa shape index (κ3) is 4.85. The molecule has 0 aliphatic heterocycles. The van der Waals surface area contributed by atoms with Crippen LogP contribution in [0.5, 0.6) is 0 Å². The van der Waals surface area contributed by atoms with E-state index in [-0.39, 0.29) is 6.10 Å². The second kappa shape index (κ2) is 6.33. The molecule has 2 N–H and O–H groups in total. The number of benzene rings is 1. The molecule has 0 spiro atoms. The van der Waals surface area contributed by atoms with Crippen LogP contribution in [0.3, 0.4) is 0 Å². The molecule has 2 nitrogen and oxygen atoms in total. The van der Waals surface area contributed by atoms with E-state index in [4.69, 9.17) is 28.3 Å². The summed E-state index contributed by atoms with van der Waals surface area (Å²) in [6.07, 6.45) is 0.476. The van der Waals surface area contributed by atoms with Gasteiger partial charge >= 0.3 is 0 Å². The molecule has 0 aliphatic carbocycles. The van der Waals surface area contributed by atoms with Crippen LogP contribution >= 0.6 is 23.2 Å². The van der Waals surface area contributed by atoms with Crippen molar-refractivity contribution in [3.05, 3.63) is 33.8 Å². The summed E-state index contributed by atoms with van der Waals surface area (Å²) in [7, 11) is 0. The lowest BCUT2D eigenvalue weighted by molar-refractivity contribution is 0.183. The molecule has 0 aliphatic rings. The Morgan fingerprint density at radius 3 is 2.73 bits per heavy atom. The SMILES string of the molecule is C[C@@H](O)CCNCc1ccc(Cl)cc1Cl. The lowest BCUT2D eigenvalue weighted by Gasteiger charge is -2.08. The summed E-state index contributed by atoms with van der Waals surface area (Å²) in [6.45, 7) is 3.25. The smallest absolute Gasteiger partial charge is 0.0524 e. The molecule has 1 rings (SSSR count). The van der Waals surface area contributed by atoms with Crippen LogP contribution in [0.25, 0.3) is 0 Å². The minimum Gasteiger partial charge on any atom is -0.393 e. The highest BCUT2D eigenvalue weighted by Gasteiger charge is 2.01. The minimum absolute atomic E-state index is 0.266. The van der Waals surface area contributed by atoms with Crippen LogP contribution < -0.4 is 5.32 Å². The Balaban J connectivity index is 2.37. The third-order valence-corrected chi connectivity index (χ3v) is 2.66. The maximum atomic E-state index is 9.06. The average Bonchev–Trinajstić information content (AvgIpc) is 2.14. The zero-order chi connectivity index (χ0) is 11.3. The normalized spacial score (nSPS) is 12.8. The van der Waals surface area contributed by atoms with E-state index in [1.807, 2.05) is 12.1 Å². The number of nitrogens with one attached hydrogen (secondary N) is 1. The summed E-state index contributed by atoms with van der Waals surface area (Å²) >= 11 is 11.8. The molecule has 1 aromatic carbocycles. The molecule has 0 amide bonds. The molecule has 0 aromatic heterocycles. The zero-order valence-corrected chi connectivity index (χ0v) is 10.1. The Labute approximate surface area is 100 Å². The number of hydrogen-bond donors (Lipinski definition) is 2. The van der Waals surface area contributed by atoms with Gasteiger partial charge in [-0.05, 0) is 37.6 Å². The molecule has 0 saturated heterocycles. The predicted octanol–water partition coefficient (Wildman–Crippen LogP) is 2.85. The van der Waals surface area contributed by atoms with E-state index in [1.165, 1.54) is 0 Å². The number of hydrogen-bond acceptors (Lipinski definition) is 2. The summed E-state index contributed by atoms with van der Waals surface area (Å²) in [4.78, 5) is 0. The fraction of sp³-hybridized carbons (Fsp3) is 0.455. The highest BCUT2D eigenvalue weighted by Crippen LogP contribution is 2.20. The first-order valence-electron chi connectivity index (χ1n) is 4.92. The maximum Gasteiger partial charge on any atom is 0.0524 e. The van der Waals surface area contributed by atoms with Crippen molar-refractivity contribution < 1.29 is 5.11 Å². The van der Waals surface area contributed by atoms with E-state index in [1.54, 1.807) is 13.0 Å². The largest absolute Gasteiger partial charge is 0.393 e. The Bertz CT molecular complexity index is 315. The predicted molar refractivity (Wildman–Crippen MR) is 64.5 cm³/mol. The van der Waals surface area contributed by atoms with Crippen molar-refractivity contribution in [2.24, 2.45) is 0 Å². The van der Waals surface area contributed by atoms with Gasteiger partial charge in [0.15, 0.2) is 0 Å². The lowest BCUT2D eigenvalue weighted by atomic mass is 10.2.